The third-order valence-corrected chi connectivity index (χ3v) is 2.44. The third-order valence-electron chi connectivity index (χ3n) is 2.44. The van der Waals surface area contributed by atoms with Gasteiger partial charge in [0.05, 0.1) is 6.10 Å². The predicted octanol–water partition coefficient (Wildman–Crippen LogP) is 2.35. The molecule has 1 atom stereocenters. The van der Waals surface area contributed by atoms with Crippen LogP contribution in [0.15, 0.2) is 18.2 Å². The fourth-order valence-corrected chi connectivity index (χ4v) is 1.55. The maximum atomic E-state index is 11.3. The molecule has 0 unspecified atom stereocenters. The number of rotatable bonds is 5. The van der Waals surface area contributed by atoms with Crippen LogP contribution in [-0.2, 0) is 9.53 Å². The van der Waals surface area contributed by atoms with Crippen LogP contribution in [0.4, 0.5) is 0 Å². The summed E-state index contributed by atoms with van der Waals surface area (Å²) >= 11 is 0. The van der Waals surface area contributed by atoms with Gasteiger partial charge in [0.25, 0.3) is 0 Å². The monoisotopic (exact) mass is 251 g/mol. The van der Waals surface area contributed by atoms with Crippen LogP contribution in [-0.4, -0.2) is 18.7 Å². The Hall–Kier alpha value is -1.55. The fraction of sp³-hybridized carbons (Fsp3) is 0.500. The standard InChI is InChI=1S/C14H21NO3/c1-9(2)18-14(16)8-17-13-6-5-12(11(4)15)7-10(13)3/h5-7,9,11H,8,15H2,1-4H3/t11-/m0/s1. The molecule has 0 aliphatic rings. The number of hydrogen-bond acceptors (Lipinski definition) is 4. The first-order chi connectivity index (χ1) is 8.40. The van der Waals surface area contributed by atoms with E-state index in [1.54, 1.807) is 13.8 Å². The molecule has 0 bridgehead atoms. The quantitative estimate of drug-likeness (QED) is 0.816. The molecular weight excluding hydrogens is 230 g/mol. The van der Waals surface area contributed by atoms with Crippen molar-refractivity contribution in [2.75, 3.05) is 6.61 Å². The van der Waals surface area contributed by atoms with Crippen molar-refractivity contribution in [3.8, 4) is 5.75 Å². The van der Waals surface area contributed by atoms with E-state index >= 15 is 0 Å². The van der Waals surface area contributed by atoms with E-state index in [2.05, 4.69) is 0 Å². The molecule has 0 saturated heterocycles. The summed E-state index contributed by atoms with van der Waals surface area (Å²) in [7, 11) is 0. The minimum Gasteiger partial charge on any atom is -0.482 e. The molecule has 0 radical (unpaired) electrons. The Bertz CT molecular complexity index is 414. The second-order valence-electron chi connectivity index (χ2n) is 4.64. The molecule has 0 saturated carbocycles. The second-order valence-corrected chi connectivity index (χ2v) is 4.64. The molecule has 1 rings (SSSR count). The van der Waals surface area contributed by atoms with E-state index in [1.807, 2.05) is 32.0 Å². The average molecular weight is 251 g/mol. The van der Waals surface area contributed by atoms with Crippen LogP contribution in [0.5, 0.6) is 5.75 Å². The highest BCUT2D eigenvalue weighted by molar-refractivity contribution is 5.71. The number of carbonyl (C=O) groups excluding carboxylic acids is 1. The SMILES string of the molecule is Cc1cc([C@H](C)N)ccc1OCC(=O)OC(C)C. The minimum atomic E-state index is -0.360. The number of benzene rings is 1. The zero-order chi connectivity index (χ0) is 13.7. The smallest absolute Gasteiger partial charge is 0.344 e. The summed E-state index contributed by atoms with van der Waals surface area (Å²) in [5.74, 6) is 0.320. The molecule has 0 amide bonds. The summed E-state index contributed by atoms with van der Waals surface area (Å²) in [5.41, 5.74) is 7.80. The van der Waals surface area contributed by atoms with Gasteiger partial charge in [0.15, 0.2) is 6.61 Å². The number of nitrogens with two attached hydrogens (primary N) is 1. The van der Waals surface area contributed by atoms with Crippen LogP contribution in [0, 0.1) is 6.92 Å². The molecule has 18 heavy (non-hydrogen) atoms. The topological polar surface area (TPSA) is 61.5 Å². The number of esters is 1. The number of ether oxygens (including phenoxy) is 2. The summed E-state index contributed by atoms with van der Waals surface area (Å²) in [6.07, 6.45) is -0.123. The van der Waals surface area contributed by atoms with Crippen molar-refractivity contribution in [1.82, 2.24) is 0 Å². The Morgan fingerprint density at radius 1 is 1.33 bits per heavy atom. The molecule has 4 heteroatoms. The summed E-state index contributed by atoms with van der Waals surface area (Å²) in [6, 6.07) is 5.69. The summed E-state index contributed by atoms with van der Waals surface area (Å²) in [5, 5.41) is 0. The van der Waals surface area contributed by atoms with E-state index in [-0.39, 0.29) is 24.7 Å². The van der Waals surface area contributed by atoms with Crippen LogP contribution in [0.25, 0.3) is 0 Å². The van der Waals surface area contributed by atoms with Crippen LogP contribution in [0.3, 0.4) is 0 Å². The van der Waals surface area contributed by atoms with Crippen molar-refractivity contribution in [1.29, 1.82) is 0 Å². The summed E-state index contributed by atoms with van der Waals surface area (Å²) < 4.78 is 10.4. The van der Waals surface area contributed by atoms with Gasteiger partial charge in [0.1, 0.15) is 5.75 Å². The minimum absolute atomic E-state index is 0.0105. The third kappa shape index (κ3) is 4.37. The predicted molar refractivity (Wildman–Crippen MR) is 70.5 cm³/mol. The van der Waals surface area contributed by atoms with Gasteiger partial charge in [-0.25, -0.2) is 4.79 Å². The van der Waals surface area contributed by atoms with Crippen LogP contribution < -0.4 is 10.5 Å². The Morgan fingerprint density at radius 3 is 2.50 bits per heavy atom. The summed E-state index contributed by atoms with van der Waals surface area (Å²) in [6.45, 7) is 7.39. The molecule has 0 heterocycles. The van der Waals surface area contributed by atoms with Gasteiger partial charge in [-0.1, -0.05) is 12.1 Å². The molecule has 0 fully saturated rings. The van der Waals surface area contributed by atoms with Crippen molar-refractivity contribution in [2.45, 2.75) is 39.8 Å². The van der Waals surface area contributed by atoms with Gasteiger partial charge in [-0.05, 0) is 44.9 Å². The Balaban J connectivity index is 2.60. The van der Waals surface area contributed by atoms with Crippen molar-refractivity contribution in [2.24, 2.45) is 5.73 Å². The van der Waals surface area contributed by atoms with E-state index in [1.165, 1.54) is 0 Å². The second kappa shape index (κ2) is 6.40. The summed E-state index contributed by atoms with van der Waals surface area (Å²) in [4.78, 5) is 11.3. The molecule has 0 aliphatic carbocycles. The molecule has 2 N–H and O–H groups in total. The van der Waals surface area contributed by atoms with E-state index in [9.17, 15) is 4.79 Å². The van der Waals surface area contributed by atoms with E-state index in [4.69, 9.17) is 15.2 Å². The molecule has 100 valence electrons. The molecule has 0 aliphatic heterocycles. The zero-order valence-corrected chi connectivity index (χ0v) is 11.4. The van der Waals surface area contributed by atoms with Gasteiger partial charge in [0.2, 0.25) is 0 Å². The highest BCUT2D eigenvalue weighted by atomic mass is 16.6. The lowest BCUT2D eigenvalue weighted by Gasteiger charge is -2.13. The van der Waals surface area contributed by atoms with E-state index in [0.717, 1.165) is 11.1 Å². The lowest BCUT2D eigenvalue weighted by Crippen LogP contribution is -2.19. The van der Waals surface area contributed by atoms with Gasteiger partial charge in [-0.2, -0.15) is 0 Å². The Morgan fingerprint density at radius 2 is 2.00 bits per heavy atom. The van der Waals surface area contributed by atoms with Gasteiger partial charge < -0.3 is 15.2 Å². The van der Waals surface area contributed by atoms with Crippen LogP contribution in [0.2, 0.25) is 0 Å². The Kier molecular flexibility index (Phi) is 5.16. The normalized spacial score (nSPS) is 12.3. The number of aryl methyl sites for hydroxylation is 1. The van der Waals surface area contributed by atoms with Gasteiger partial charge in [-0.3, -0.25) is 0 Å². The van der Waals surface area contributed by atoms with Crippen LogP contribution >= 0.6 is 0 Å². The van der Waals surface area contributed by atoms with Crippen molar-refractivity contribution in [3.63, 3.8) is 0 Å². The van der Waals surface area contributed by atoms with Gasteiger partial charge >= 0.3 is 5.97 Å². The maximum absolute atomic E-state index is 11.3. The average Bonchev–Trinajstić information content (AvgIpc) is 2.26. The molecule has 1 aromatic carbocycles. The zero-order valence-electron chi connectivity index (χ0n) is 11.4. The first-order valence-electron chi connectivity index (χ1n) is 6.08. The molecular formula is C14H21NO3. The molecule has 4 nitrogen and oxygen atoms in total. The number of hydrogen-bond donors (Lipinski definition) is 1. The maximum Gasteiger partial charge on any atom is 0.344 e. The van der Waals surface area contributed by atoms with Crippen molar-refractivity contribution in [3.05, 3.63) is 29.3 Å². The highest BCUT2D eigenvalue weighted by Crippen LogP contribution is 2.21. The largest absolute Gasteiger partial charge is 0.482 e. The number of carbonyl (C=O) groups is 1. The van der Waals surface area contributed by atoms with Crippen LogP contribution in [0.1, 0.15) is 37.9 Å². The lowest BCUT2D eigenvalue weighted by molar-refractivity contribution is -0.149. The van der Waals surface area contributed by atoms with Gasteiger partial charge in [0, 0.05) is 6.04 Å². The first kappa shape index (κ1) is 14.5. The fourth-order valence-electron chi connectivity index (χ4n) is 1.55. The molecule has 1 aromatic rings. The van der Waals surface area contributed by atoms with Gasteiger partial charge in [-0.15, -0.1) is 0 Å². The van der Waals surface area contributed by atoms with Crippen molar-refractivity contribution >= 4 is 5.97 Å². The van der Waals surface area contributed by atoms with Crippen molar-refractivity contribution < 1.29 is 14.3 Å². The highest BCUT2D eigenvalue weighted by Gasteiger charge is 2.09. The molecule has 0 spiro atoms. The van der Waals surface area contributed by atoms with E-state index in [0.29, 0.717) is 5.75 Å². The first-order valence-corrected chi connectivity index (χ1v) is 6.08. The lowest BCUT2D eigenvalue weighted by atomic mass is 10.1. The Labute approximate surface area is 108 Å². The molecule has 0 aromatic heterocycles. The van der Waals surface area contributed by atoms with E-state index < -0.39 is 0 Å².